The number of aromatic nitrogens is 2. The average Bonchev–Trinajstić information content (AvgIpc) is 3.41. The van der Waals surface area contributed by atoms with Crippen molar-refractivity contribution in [2.45, 2.75) is 57.3 Å². The molecule has 144 valence electrons. The van der Waals surface area contributed by atoms with E-state index in [1.54, 1.807) is 0 Å². The fourth-order valence-corrected chi connectivity index (χ4v) is 4.36. The van der Waals surface area contributed by atoms with Gasteiger partial charge in [0.15, 0.2) is 5.82 Å². The number of aryl methyl sites for hydroxylation is 1. The Kier molecular flexibility index (Phi) is 5.76. The highest BCUT2D eigenvalue weighted by Crippen LogP contribution is 2.33. The van der Waals surface area contributed by atoms with E-state index in [2.05, 4.69) is 42.4 Å². The minimum atomic E-state index is -0.0332. The summed E-state index contributed by atoms with van der Waals surface area (Å²) in [5.41, 5.74) is 1.94. The van der Waals surface area contributed by atoms with Crippen molar-refractivity contribution in [3.8, 4) is 0 Å². The molecule has 1 saturated heterocycles. The molecule has 1 aliphatic carbocycles. The minimum absolute atomic E-state index is 0.0332. The van der Waals surface area contributed by atoms with Crippen LogP contribution in [0, 0.1) is 0 Å². The van der Waals surface area contributed by atoms with Crippen molar-refractivity contribution < 1.29 is 9.32 Å². The Balaban J connectivity index is 1.36. The maximum atomic E-state index is 12.5. The lowest BCUT2D eigenvalue weighted by molar-refractivity contribution is -0.116. The third-order valence-corrected chi connectivity index (χ3v) is 5.94. The van der Waals surface area contributed by atoms with Crippen LogP contribution in [0.1, 0.15) is 62.6 Å². The van der Waals surface area contributed by atoms with E-state index >= 15 is 0 Å². The molecule has 1 saturated carbocycles. The number of nitrogens with zero attached hydrogens (tertiary/aromatic N) is 3. The second-order valence-corrected chi connectivity index (χ2v) is 8.35. The Morgan fingerprint density at radius 2 is 2.00 bits per heavy atom. The quantitative estimate of drug-likeness (QED) is 0.718. The van der Waals surface area contributed by atoms with Gasteiger partial charge in [-0.25, -0.2) is 0 Å². The maximum absolute atomic E-state index is 12.5. The second kappa shape index (κ2) is 8.42. The summed E-state index contributed by atoms with van der Waals surface area (Å²) in [4.78, 5) is 19.3. The molecule has 0 radical (unpaired) electrons. The van der Waals surface area contributed by atoms with Gasteiger partial charge in [-0.1, -0.05) is 33.9 Å². The molecule has 6 nitrogen and oxygen atoms in total. The normalized spacial score (nSPS) is 17.6. The number of anilines is 2. The summed E-state index contributed by atoms with van der Waals surface area (Å²) < 4.78 is 6.30. The Morgan fingerprint density at radius 1 is 1.22 bits per heavy atom. The zero-order valence-corrected chi connectivity index (χ0v) is 17.0. The number of carbonyl (C=O) groups is 1. The Labute approximate surface area is 167 Å². The van der Waals surface area contributed by atoms with Gasteiger partial charge in [0.2, 0.25) is 11.8 Å². The first-order chi connectivity index (χ1) is 13.2. The van der Waals surface area contributed by atoms with Crippen LogP contribution < -0.4 is 10.2 Å². The first-order valence-corrected chi connectivity index (χ1v) is 10.6. The van der Waals surface area contributed by atoms with Crippen molar-refractivity contribution in [3.05, 3.63) is 34.4 Å². The van der Waals surface area contributed by atoms with Crippen molar-refractivity contribution in [2.75, 3.05) is 23.3 Å². The zero-order chi connectivity index (χ0) is 18.6. The average molecular weight is 433 g/mol. The molecule has 7 heteroatoms. The molecule has 0 bridgehead atoms. The molecular formula is C20H25BrN4O2. The standard InChI is InChI=1S/C20H25BrN4O2/c21-15-7-8-17(25-11-3-4-12-25)16(13-15)22-18(26)9-10-19-23-20(24-27-19)14-5-1-2-6-14/h7-8,13-14H,1-6,9-12H2,(H,22,26). The number of hydrogen-bond acceptors (Lipinski definition) is 5. The van der Waals surface area contributed by atoms with Gasteiger partial charge in [-0.2, -0.15) is 4.98 Å². The molecule has 0 atom stereocenters. The fourth-order valence-electron chi connectivity index (χ4n) is 3.99. The zero-order valence-electron chi connectivity index (χ0n) is 15.4. The topological polar surface area (TPSA) is 71.3 Å². The monoisotopic (exact) mass is 432 g/mol. The Morgan fingerprint density at radius 3 is 2.78 bits per heavy atom. The number of rotatable bonds is 6. The van der Waals surface area contributed by atoms with Gasteiger partial charge in [0.1, 0.15) is 0 Å². The van der Waals surface area contributed by atoms with Gasteiger partial charge < -0.3 is 14.7 Å². The van der Waals surface area contributed by atoms with E-state index in [0.717, 1.165) is 47.6 Å². The predicted molar refractivity (Wildman–Crippen MR) is 108 cm³/mol. The minimum Gasteiger partial charge on any atom is -0.370 e. The summed E-state index contributed by atoms with van der Waals surface area (Å²) in [7, 11) is 0. The van der Waals surface area contributed by atoms with Crippen LogP contribution in [-0.4, -0.2) is 29.1 Å². The van der Waals surface area contributed by atoms with Crippen LogP contribution in [0.5, 0.6) is 0 Å². The lowest BCUT2D eigenvalue weighted by Gasteiger charge is -2.21. The number of amides is 1. The van der Waals surface area contributed by atoms with Crippen LogP contribution in [-0.2, 0) is 11.2 Å². The molecule has 4 rings (SSSR count). The van der Waals surface area contributed by atoms with Crippen molar-refractivity contribution in [1.82, 2.24) is 10.1 Å². The maximum Gasteiger partial charge on any atom is 0.227 e. The summed E-state index contributed by atoms with van der Waals surface area (Å²) in [5.74, 6) is 1.77. The number of halogens is 1. The van der Waals surface area contributed by atoms with E-state index in [9.17, 15) is 4.79 Å². The molecule has 2 aliphatic rings. The molecule has 1 amide bonds. The van der Waals surface area contributed by atoms with Crippen LogP contribution in [0.4, 0.5) is 11.4 Å². The SMILES string of the molecule is O=C(CCc1nc(C2CCCC2)no1)Nc1cc(Br)ccc1N1CCCC1. The van der Waals surface area contributed by atoms with Gasteiger partial charge in [0.25, 0.3) is 0 Å². The molecule has 1 aromatic carbocycles. The first-order valence-electron chi connectivity index (χ1n) is 9.86. The third-order valence-electron chi connectivity index (χ3n) is 5.45. The molecule has 0 spiro atoms. The van der Waals surface area contributed by atoms with Crippen LogP contribution in [0.2, 0.25) is 0 Å². The lowest BCUT2D eigenvalue weighted by Crippen LogP contribution is -2.21. The number of hydrogen-bond donors (Lipinski definition) is 1. The van der Waals surface area contributed by atoms with Gasteiger partial charge in [-0.3, -0.25) is 4.79 Å². The summed E-state index contributed by atoms with van der Waals surface area (Å²) in [6.07, 6.45) is 7.96. The highest BCUT2D eigenvalue weighted by molar-refractivity contribution is 9.10. The van der Waals surface area contributed by atoms with Crippen LogP contribution in [0.25, 0.3) is 0 Å². The van der Waals surface area contributed by atoms with Gasteiger partial charge in [0.05, 0.1) is 11.4 Å². The van der Waals surface area contributed by atoms with Crippen molar-refractivity contribution in [3.63, 3.8) is 0 Å². The van der Waals surface area contributed by atoms with E-state index in [1.807, 2.05) is 12.1 Å². The molecule has 0 unspecified atom stereocenters. The lowest BCUT2D eigenvalue weighted by atomic mass is 10.1. The van der Waals surface area contributed by atoms with Gasteiger partial charge in [0, 0.05) is 36.3 Å². The van der Waals surface area contributed by atoms with E-state index in [-0.39, 0.29) is 5.91 Å². The molecule has 2 fully saturated rings. The molecule has 2 aromatic rings. The van der Waals surface area contributed by atoms with E-state index < -0.39 is 0 Å². The highest BCUT2D eigenvalue weighted by atomic mass is 79.9. The van der Waals surface area contributed by atoms with Crippen molar-refractivity contribution in [2.24, 2.45) is 0 Å². The van der Waals surface area contributed by atoms with Crippen LogP contribution in [0.15, 0.2) is 27.2 Å². The molecule has 1 aliphatic heterocycles. The van der Waals surface area contributed by atoms with Crippen LogP contribution in [0.3, 0.4) is 0 Å². The predicted octanol–water partition coefficient (Wildman–Crippen LogP) is 4.66. The second-order valence-electron chi connectivity index (χ2n) is 7.43. The van der Waals surface area contributed by atoms with Gasteiger partial charge in [-0.05, 0) is 43.9 Å². The van der Waals surface area contributed by atoms with Crippen molar-refractivity contribution >= 4 is 33.2 Å². The number of carbonyl (C=O) groups excluding carboxylic acids is 1. The summed E-state index contributed by atoms with van der Waals surface area (Å²) >= 11 is 3.50. The van der Waals surface area contributed by atoms with E-state index in [4.69, 9.17) is 4.52 Å². The molecular weight excluding hydrogens is 408 g/mol. The smallest absolute Gasteiger partial charge is 0.227 e. The molecule has 27 heavy (non-hydrogen) atoms. The van der Waals surface area contributed by atoms with E-state index in [0.29, 0.717) is 24.7 Å². The van der Waals surface area contributed by atoms with Crippen LogP contribution >= 0.6 is 15.9 Å². The first kappa shape index (κ1) is 18.5. The fraction of sp³-hybridized carbons (Fsp3) is 0.550. The molecule has 2 heterocycles. The Bertz CT molecular complexity index is 795. The highest BCUT2D eigenvalue weighted by Gasteiger charge is 2.22. The summed E-state index contributed by atoms with van der Waals surface area (Å²) in [6.45, 7) is 2.08. The summed E-state index contributed by atoms with van der Waals surface area (Å²) in [6, 6.07) is 6.06. The molecule has 1 N–H and O–H groups in total. The number of benzene rings is 1. The number of nitrogens with one attached hydrogen (secondary N) is 1. The van der Waals surface area contributed by atoms with E-state index in [1.165, 1.54) is 25.7 Å². The van der Waals surface area contributed by atoms with Gasteiger partial charge >= 0.3 is 0 Å². The largest absolute Gasteiger partial charge is 0.370 e. The van der Waals surface area contributed by atoms with Crippen molar-refractivity contribution in [1.29, 1.82) is 0 Å². The Hall–Kier alpha value is -1.89. The third kappa shape index (κ3) is 4.51. The van der Waals surface area contributed by atoms with Gasteiger partial charge in [-0.15, -0.1) is 0 Å². The summed E-state index contributed by atoms with van der Waals surface area (Å²) in [5, 5.41) is 7.17. The molecule has 1 aromatic heterocycles.